The predicted octanol–water partition coefficient (Wildman–Crippen LogP) is 2.07. The van der Waals surface area contributed by atoms with Gasteiger partial charge in [0.2, 0.25) is 0 Å². The molecule has 0 saturated carbocycles. The SMILES string of the molecule is CC1(C)CCC(C(CN)C(=O)O)N(C(=O)OC(C)(C)C)C1. The molecule has 1 aliphatic rings. The van der Waals surface area contributed by atoms with Crippen LogP contribution in [0.2, 0.25) is 0 Å². The van der Waals surface area contributed by atoms with E-state index in [1.54, 1.807) is 25.7 Å². The lowest BCUT2D eigenvalue weighted by Crippen LogP contribution is -2.56. The fraction of sp³-hybridized carbons (Fsp3) is 0.867. The van der Waals surface area contributed by atoms with Crippen molar-refractivity contribution in [2.24, 2.45) is 17.1 Å². The Balaban J connectivity index is 2.99. The fourth-order valence-electron chi connectivity index (χ4n) is 2.71. The molecule has 0 aromatic rings. The van der Waals surface area contributed by atoms with Gasteiger partial charge in [-0.05, 0) is 39.0 Å². The van der Waals surface area contributed by atoms with Gasteiger partial charge >= 0.3 is 12.1 Å². The number of hydrogen-bond donors (Lipinski definition) is 2. The quantitative estimate of drug-likeness (QED) is 0.832. The zero-order chi connectivity index (χ0) is 16.4. The average Bonchev–Trinajstić information content (AvgIpc) is 2.28. The predicted molar refractivity (Wildman–Crippen MR) is 79.9 cm³/mol. The molecule has 1 fully saturated rings. The first-order chi connectivity index (χ1) is 9.47. The molecule has 0 bridgehead atoms. The number of hydrogen-bond acceptors (Lipinski definition) is 4. The van der Waals surface area contributed by atoms with Crippen molar-refractivity contribution in [2.45, 2.75) is 59.1 Å². The number of rotatable bonds is 3. The van der Waals surface area contributed by atoms with Crippen LogP contribution in [0.3, 0.4) is 0 Å². The standard InChI is InChI=1S/C15H28N2O4/c1-14(2,3)21-13(20)17-9-15(4,5)7-6-11(17)10(8-16)12(18)19/h10-11H,6-9,16H2,1-5H3,(H,18,19). The third-order valence-electron chi connectivity index (χ3n) is 3.78. The van der Waals surface area contributed by atoms with Crippen molar-refractivity contribution in [1.82, 2.24) is 4.90 Å². The number of likely N-dealkylation sites (tertiary alicyclic amines) is 1. The molecule has 1 aliphatic heterocycles. The Labute approximate surface area is 126 Å². The van der Waals surface area contributed by atoms with Crippen molar-refractivity contribution in [1.29, 1.82) is 0 Å². The van der Waals surface area contributed by atoms with E-state index in [1.165, 1.54) is 0 Å². The number of carboxylic acid groups (broad SMARTS) is 1. The highest BCUT2D eigenvalue weighted by atomic mass is 16.6. The lowest BCUT2D eigenvalue weighted by atomic mass is 9.78. The molecule has 6 heteroatoms. The van der Waals surface area contributed by atoms with Gasteiger partial charge in [0.1, 0.15) is 5.60 Å². The van der Waals surface area contributed by atoms with Gasteiger partial charge in [-0.15, -0.1) is 0 Å². The maximum Gasteiger partial charge on any atom is 0.410 e. The first-order valence-electron chi connectivity index (χ1n) is 7.39. The molecule has 1 heterocycles. The third kappa shape index (κ3) is 4.88. The van der Waals surface area contributed by atoms with Crippen molar-refractivity contribution in [3.05, 3.63) is 0 Å². The van der Waals surface area contributed by atoms with E-state index in [-0.39, 0.29) is 12.0 Å². The molecule has 0 radical (unpaired) electrons. The summed E-state index contributed by atoms with van der Waals surface area (Å²) in [5.41, 5.74) is 4.95. The van der Waals surface area contributed by atoms with Crippen LogP contribution in [-0.2, 0) is 9.53 Å². The second-order valence-corrected chi connectivity index (χ2v) is 7.56. The van der Waals surface area contributed by atoms with Gasteiger partial charge < -0.3 is 20.5 Å². The van der Waals surface area contributed by atoms with Gasteiger partial charge in [-0.3, -0.25) is 4.79 Å². The number of carbonyl (C=O) groups excluding carboxylic acids is 1. The van der Waals surface area contributed by atoms with Gasteiger partial charge in [0.25, 0.3) is 0 Å². The molecule has 2 atom stereocenters. The normalized spacial score (nSPS) is 23.5. The summed E-state index contributed by atoms with van der Waals surface area (Å²) in [5, 5.41) is 9.33. The van der Waals surface area contributed by atoms with Gasteiger partial charge in [-0.1, -0.05) is 13.8 Å². The minimum absolute atomic E-state index is 0.0136. The molecule has 2 unspecified atom stereocenters. The summed E-state index contributed by atoms with van der Waals surface area (Å²) >= 11 is 0. The number of amides is 1. The number of nitrogens with zero attached hydrogens (tertiary/aromatic N) is 1. The van der Waals surface area contributed by atoms with Crippen LogP contribution in [0.25, 0.3) is 0 Å². The molecule has 0 aliphatic carbocycles. The first-order valence-corrected chi connectivity index (χ1v) is 7.39. The Morgan fingerprint density at radius 3 is 2.43 bits per heavy atom. The molecule has 3 N–H and O–H groups in total. The molecule has 122 valence electrons. The summed E-state index contributed by atoms with van der Waals surface area (Å²) < 4.78 is 5.43. The average molecular weight is 300 g/mol. The summed E-state index contributed by atoms with van der Waals surface area (Å²) in [6.45, 7) is 10.0. The van der Waals surface area contributed by atoms with Crippen molar-refractivity contribution in [3.63, 3.8) is 0 Å². The highest BCUT2D eigenvalue weighted by Crippen LogP contribution is 2.35. The van der Waals surface area contributed by atoms with Crippen LogP contribution in [0.1, 0.15) is 47.5 Å². The molecule has 1 rings (SSSR count). The van der Waals surface area contributed by atoms with E-state index in [0.29, 0.717) is 13.0 Å². The van der Waals surface area contributed by atoms with Crippen LogP contribution in [0.5, 0.6) is 0 Å². The topological polar surface area (TPSA) is 92.9 Å². The van der Waals surface area contributed by atoms with Crippen LogP contribution < -0.4 is 5.73 Å². The smallest absolute Gasteiger partial charge is 0.410 e. The highest BCUT2D eigenvalue weighted by molar-refractivity contribution is 5.74. The van der Waals surface area contributed by atoms with E-state index in [0.717, 1.165) is 6.42 Å². The van der Waals surface area contributed by atoms with E-state index in [4.69, 9.17) is 10.5 Å². The molecule has 6 nitrogen and oxygen atoms in total. The lowest BCUT2D eigenvalue weighted by Gasteiger charge is -2.45. The Bertz CT molecular complexity index is 401. The zero-order valence-corrected chi connectivity index (χ0v) is 13.7. The molecule has 0 aromatic carbocycles. The van der Waals surface area contributed by atoms with Crippen molar-refractivity contribution in [2.75, 3.05) is 13.1 Å². The van der Waals surface area contributed by atoms with Gasteiger partial charge in [-0.25, -0.2) is 4.79 Å². The molecule has 21 heavy (non-hydrogen) atoms. The molecule has 0 aromatic heterocycles. The molecule has 1 saturated heterocycles. The minimum Gasteiger partial charge on any atom is -0.481 e. The number of ether oxygens (including phenoxy) is 1. The number of nitrogens with two attached hydrogens (primary N) is 1. The zero-order valence-electron chi connectivity index (χ0n) is 13.7. The Hall–Kier alpha value is -1.30. The molecule has 1 amide bonds. The van der Waals surface area contributed by atoms with Gasteiger partial charge in [-0.2, -0.15) is 0 Å². The molecular formula is C15H28N2O4. The second kappa shape index (κ2) is 6.22. The summed E-state index contributed by atoms with van der Waals surface area (Å²) in [7, 11) is 0. The summed E-state index contributed by atoms with van der Waals surface area (Å²) in [4.78, 5) is 25.4. The number of piperidine rings is 1. The van der Waals surface area contributed by atoms with Gasteiger partial charge in [0.15, 0.2) is 0 Å². The summed E-state index contributed by atoms with van der Waals surface area (Å²) in [6, 6.07) is -0.407. The van der Waals surface area contributed by atoms with Crippen LogP contribution in [0.15, 0.2) is 0 Å². The van der Waals surface area contributed by atoms with E-state index in [2.05, 4.69) is 13.8 Å². The van der Waals surface area contributed by atoms with E-state index in [9.17, 15) is 14.7 Å². The Morgan fingerprint density at radius 2 is 2.00 bits per heavy atom. The Morgan fingerprint density at radius 1 is 1.43 bits per heavy atom. The second-order valence-electron chi connectivity index (χ2n) is 7.56. The fourth-order valence-corrected chi connectivity index (χ4v) is 2.71. The number of aliphatic carboxylic acids is 1. The molecular weight excluding hydrogens is 272 g/mol. The summed E-state index contributed by atoms with van der Waals surface area (Å²) in [6.07, 6.45) is 1.03. The Kier molecular flexibility index (Phi) is 5.25. The number of carbonyl (C=O) groups is 2. The van der Waals surface area contributed by atoms with E-state index in [1.807, 2.05) is 0 Å². The summed E-state index contributed by atoms with van der Waals surface area (Å²) in [5.74, 6) is -1.72. The van der Waals surface area contributed by atoms with Crippen LogP contribution in [0, 0.1) is 11.3 Å². The first kappa shape index (κ1) is 17.8. The van der Waals surface area contributed by atoms with Crippen molar-refractivity contribution in [3.8, 4) is 0 Å². The third-order valence-corrected chi connectivity index (χ3v) is 3.78. The maximum atomic E-state index is 12.4. The maximum absolute atomic E-state index is 12.4. The monoisotopic (exact) mass is 300 g/mol. The van der Waals surface area contributed by atoms with Gasteiger partial charge in [0, 0.05) is 19.1 Å². The van der Waals surface area contributed by atoms with Crippen LogP contribution >= 0.6 is 0 Å². The van der Waals surface area contributed by atoms with E-state index < -0.39 is 29.6 Å². The largest absolute Gasteiger partial charge is 0.481 e. The highest BCUT2D eigenvalue weighted by Gasteiger charge is 2.42. The van der Waals surface area contributed by atoms with Crippen LogP contribution in [-0.4, -0.2) is 46.8 Å². The van der Waals surface area contributed by atoms with Crippen LogP contribution in [0.4, 0.5) is 4.79 Å². The van der Waals surface area contributed by atoms with Crippen molar-refractivity contribution >= 4 is 12.1 Å². The minimum atomic E-state index is -0.962. The lowest BCUT2D eigenvalue weighted by molar-refractivity contribution is -0.144. The molecule has 0 spiro atoms. The van der Waals surface area contributed by atoms with E-state index >= 15 is 0 Å². The number of carboxylic acids is 1. The van der Waals surface area contributed by atoms with Gasteiger partial charge in [0.05, 0.1) is 5.92 Å². The van der Waals surface area contributed by atoms with Crippen molar-refractivity contribution < 1.29 is 19.4 Å².